The Bertz CT molecular complexity index is 525. The van der Waals surface area contributed by atoms with Crippen LogP contribution in [0, 0.1) is 5.82 Å². The lowest BCUT2D eigenvalue weighted by Crippen LogP contribution is -2.34. The molecule has 0 amide bonds. The summed E-state index contributed by atoms with van der Waals surface area (Å²) in [6.45, 7) is 1.07. The normalized spacial score (nSPS) is 11.8. The fraction of sp³-hybridized carbons (Fsp3) is 0.455. The number of benzene rings is 1. The maximum absolute atomic E-state index is 13.5. The molecule has 108 valence electrons. The van der Waals surface area contributed by atoms with E-state index >= 15 is 0 Å². The molecule has 0 aliphatic rings. The highest BCUT2D eigenvalue weighted by molar-refractivity contribution is 9.10. The lowest BCUT2D eigenvalue weighted by molar-refractivity contribution is 0.462. The number of hydrogen-bond donors (Lipinski definition) is 2. The van der Waals surface area contributed by atoms with Gasteiger partial charge in [-0.1, -0.05) is 15.9 Å². The van der Waals surface area contributed by atoms with Gasteiger partial charge in [-0.15, -0.1) is 0 Å². The topological polar surface area (TPSA) is 61.4 Å². The van der Waals surface area contributed by atoms with E-state index in [2.05, 4.69) is 26.0 Å². The van der Waals surface area contributed by atoms with E-state index in [1.54, 1.807) is 7.05 Å². The van der Waals surface area contributed by atoms with Crippen LogP contribution in [0.5, 0.6) is 0 Å². The van der Waals surface area contributed by atoms with E-state index in [1.807, 2.05) is 0 Å². The molecule has 2 N–H and O–H groups in total. The molecule has 1 aromatic rings. The summed E-state index contributed by atoms with van der Waals surface area (Å²) in [5.74, 6) is -0.615. The number of anilines is 1. The minimum Gasteiger partial charge on any atom is -0.320 e. The largest absolute Gasteiger partial charge is 0.320 e. The third-order valence-corrected chi connectivity index (χ3v) is 4.45. The summed E-state index contributed by atoms with van der Waals surface area (Å²) < 4.78 is 41.4. The molecule has 0 spiro atoms. The summed E-state index contributed by atoms with van der Waals surface area (Å²) in [6.07, 6.45) is 0.675. The smallest absolute Gasteiger partial charge is 0.301 e. The molecular formula is C11H17BrFN3O2S. The molecule has 0 saturated heterocycles. The molecule has 0 aliphatic carbocycles. The molecular weight excluding hydrogens is 337 g/mol. The highest BCUT2D eigenvalue weighted by atomic mass is 79.9. The first-order chi connectivity index (χ1) is 8.86. The third kappa shape index (κ3) is 5.06. The Morgan fingerprint density at radius 3 is 2.74 bits per heavy atom. The molecule has 0 unspecified atom stereocenters. The van der Waals surface area contributed by atoms with E-state index in [0.29, 0.717) is 24.0 Å². The maximum atomic E-state index is 13.5. The molecule has 0 bridgehead atoms. The van der Waals surface area contributed by atoms with E-state index in [0.717, 1.165) is 4.31 Å². The maximum Gasteiger partial charge on any atom is 0.301 e. The van der Waals surface area contributed by atoms with Gasteiger partial charge in [-0.05, 0) is 38.2 Å². The van der Waals surface area contributed by atoms with Crippen molar-refractivity contribution in [2.45, 2.75) is 6.42 Å². The van der Waals surface area contributed by atoms with Crippen LogP contribution in [0.4, 0.5) is 10.1 Å². The predicted octanol–water partition coefficient (Wildman–Crippen LogP) is 1.79. The quantitative estimate of drug-likeness (QED) is 0.734. The zero-order chi connectivity index (χ0) is 14.5. The second-order valence-electron chi connectivity index (χ2n) is 4.01. The number of hydrogen-bond acceptors (Lipinski definition) is 3. The van der Waals surface area contributed by atoms with Crippen molar-refractivity contribution in [3.8, 4) is 0 Å². The lowest BCUT2D eigenvalue weighted by Gasteiger charge is -2.18. The van der Waals surface area contributed by atoms with Gasteiger partial charge in [0.05, 0.1) is 5.69 Å². The van der Waals surface area contributed by atoms with Crippen molar-refractivity contribution in [2.75, 3.05) is 31.9 Å². The van der Waals surface area contributed by atoms with Crippen molar-refractivity contribution in [1.82, 2.24) is 9.62 Å². The van der Waals surface area contributed by atoms with E-state index in [4.69, 9.17) is 0 Å². The number of rotatable bonds is 7. The Labute approximate surface area is 121 Å². The van der Waals surface area contributed by atoms with Crippen LogP contribution in [0.1, 0.15) is 6.42 Å². The minimum atomic E-state index is -3.74. The van der Waals surface area contributed by atoms with Crippen LogP contribution in [0.15, 0.2) is 22.7 Å². The van der Waals surface area contributed by atoms with E-state index in [1.165, 1.54) is 25.2 Å². The molecule has 19 heavy (non-hydrogen) atoms. The monoisotopic (exact) mass is 353 g/mol. The van der Waals surface area contributed by atoms with Crippen molar-refractivity contribution < 1.29 is 12.8 Å². The summed E-state index contributed by atoms with van der Waals surface area (Å²) >= 11 is 3.17. The number of nitrogens with zero attached hydrogens (tertiary/aromatic N) is 1. The Morgan fingerprint density at radius 2 is 2.11 bits per heavy atom. The van der Waals surface area contributed by atoms with Gasteiger partial charge in [-0.2, -0.15) is 12.7 Å². The van der Waals surface area contributed by atoms with Crippen LogP contribution in [0.3, 0.4) is 0 Å². The number of nitrogens with one attached hydrogen (secondary N) is 2. The molecule has 8 heteroatoms. The first-order valence-electron chi connectivity index (χ1n) is 5.70. The van der Waals surface area contributed by atoms with Crippen molar-refractivity contribution in [2.24, 2.45) is 0 Å². The van der Waals surface area contributed by atoms with Gasteiger partial charge in [0.25, 0.3) is 0 Å². The van der Waals surface area contributed by atoms with E-state index < -0.39 is 16.0 Å². The van der Waals surface area contributed by atoms with Gasteiger partial charge < -0.3 is 5.32 Å². The van der Waals surface area contributed by atoms with Gasteiger partial charge >= 0.3 is 10.2 Å². The minimum absolute atomic E-state index is 0.0742. The zero-order valence-corrected chi connectivity index (χ0v) is 13.2. The van der Waals surface area contributed by atoms with Gasteiger partial charge in [0, 0.05) is 18.1 Å². The van der Waals surface area contributed by atoms with Gasteiger partial charge in [-0.3, -0.25) is 4.72 Å². The first kappa shape index (κ1) is 16.4. The predicted molar refractivity (Wildman–Crippen MR) is 77.8 cm³/mol. The average molecular weight is 354 g/mol. The second-order valence-corrected chi connectivity index (χ2v) is 6.70. The highest BCUT2D eigenvalue weighted by Gasteiger charge is 2.18. The fourth-order valence-electron chi connectivity index (χ4n) is 1.39. The average Bonchev–Trinajstić information content (AvgIpc) is 2.33. The SMILES string of the molecule is CNCCCN(C)S(=O)(=O)Nc1cc(Br)ccc1F. The van der Waals surface area contributed by atoms with Crippen LogP contribution < -0.4 is 10.0 Å². The molecule has 0 aliphatic heterocycles. The van der Waals surface area contributed by atoms with Gasteiger partial charge in [0.2, 0.25) is 0 Å². The lowest BCUT2D eigenvalue weighted by atomic mass is 10.3. The van der Waals surface area contributed by atoms with Crippen molar-refractivity contribution in [3.63, 3.8) is 0 Å². The summed E-state index contributed by atoms with van der Waals surface area (Å²) in [5, 5.41) is 2.93. The Hall–Kier alpha value is -0.700. The van der Waals surface area contributed by atoms with Crippen LogP contribution in [0.2, 0.25) is 0 Å². The molecule has 1 aromatic carbocycles. The molecule has 5 nitrogen and oxygen atoms in total. The Morgan fingerprint density at radius 1 is 1.42 bits per heavy atom. The van der Waals surface area contributed by atoms with Gasteiger partial charge in [0.15, 0.2) is 0 Å². The summed E-state index contributed by atoms with van der Waals surface area (Å²) in [4.78, 5) is 0. The fourth-order valence-corrected chi connectivity index (χ4v) is 2.71. The molecule has 1 rings (SSSR count). The molecule has 0 fully saturated rings. The Balaban J connectivity index is 2.75. The summed E-state index contributed by atoms with van der Waals surface area (Å²) in [5.41, 5.74) is -0.0742. The van der Waals surface area contributed by atoms with Gasteiger partial charge in [0.1, 0.15) is 5.82 Å². The second kappa shape index (κ2) is 7.18. The third-order valence-electron chi connectivity index (χ3n) is 2.48. The van der Waals surface area contributed by atoms with Crippen LogP contribution in [0.25, 0.3) is 0 Å². The molecule has 0 aromatic heterocycles. The standard InChI is InChI=1S/C11H17BrFN3O2S/c1-14-6-3-7-16(2)19(17,18)15-11-8-9(12)4-5-10(11)13/h4-5,8,14-15H,3,6-7H2,1-2H3. The Kier molecular flexibility index (Phi) is 6.18. The molecule has 0 atom stereocenters. The first-order valence-corrected chi connectivity index (χ1v) is 7.94. The zero-order valence-electron chi connectivity index (χ0n) is 10.8. The van der Waals surface area contributed by atoms with Crippen molar-refractivity contribution >= 4 is 31.8 Å². The number of halogens is 2. The van der Waals surface area contributed by atoms with Crippen LogP contribution in [-0.4, -0.2) is 39.9 Å². The summed E-state index contributed by atoms with van der Waals surface area (Å²) in [7, 11) is -0.491. The van der Waals surface area contributed by atoms with E-state index in [-0.39, 0.29) is 5.69 Å². The van der Waals surface area contributed by atoms with Crippen LogP contribution >= 0.6 is 15.9 Å². The molecule has 0 heterocycles. The van der Waals surface area contributed by atoms with Crippen molar-refractivity contribution in [1.29, 1.82) is 0 Å². The molecule has 0 radical (unpaired) electrons. The summed E-state index contributed by atoms with van der Waals surface area (Å²) in [6, 6.07) is 4.08. The highest BCUT2D eigenvalue weighted by Crippen LogP contribution is 2.21. The van der Waals surface area contributed by atoms with E-state index in [9.17, 15) is 12.8 Å². The van der Waals surface area contributed by atoms with Crippen molar-refractivity contribution in [3.05, 3.63) is 28.5 Å². The molecule has 0 saturated carbocycles. The van der Waals surface area contributed by atoms with Crippen LogP contribution in [-0.2, 0) is 10.2 Å². The van der Waals surface area contributed by atoms with Gasteiger partial charge in [-0.25, -0.2) is 4.39 Å².